The number of nitrogens with zero attached hydrogens (tertiary/aromatic N) is 2. The Kier molecular flexibility index (Phi) is 7.63. The Morgan fingerprint density at radius 1 is 1.26 bits per heavy atom. The van der Waals surface area contributed by atoms with Gasteiger partial charge in [-0.25, -0.2) is 10.4 Å². The first-order valence-electron chi connectivity index (χ1n) is 7.96. The van der Waals surface area contributed by atoms with Crippen molar-refractivity contribution >= 4 is 29.3 Å². The highest BCUT2D eigenvalue weighted by atomic mass is 32.2. The Hall–Kier alpha value is -3.07. The lowest BCUT2D eigenvalue weighted by molar-refractivity contribution is -0.120. The van der Waals surface area contributed by atoms with Crippen LogP contribution in [0.4, 0.5) is 0 Å². The molecule has 0 bridgehead atoms. The van der Waals surface area contributed by atoms with E-state index in [0.717, 1.165) is 10.6 Å². The third-order valence-corrected chi connectivity index (χ3v) is 4.23. The van der Waals surface area contributed by atoms with Crippen molar-refractivity contribution in [1.82, 2.24) is 10.4 Å². The Bertz CT molecular complexity index is 827. The summed E-state index contributed by atoms with van der Waals surface area (Å²) < 4.78 is 10.5. The lowest BCUT2D eigenvalue weighted by Crippen LogP contribution is -2.21. The van der Waals surface area contributed by atoms with Crippen LogP contribution in [0.25, 0.3) is 0 Å². The molecule has 1 aromatic heterocycles. The Balaban J connectivity index is 1.95. The van der Waals surface area contributed by atoms with Gasteiger partial charge in [0.05, 0.1) is 23.6 Å². The Morgan fingerprint density at radius 3 is 2.74 bits per heavy atom. The largest absolute Gasteiger partial charge is 0.493 e. The molecule has 2 aromatic rings. The lowest BCUT2D eigenvalue weighted by Gasteiger charge is -2.11. The van der Waals surface area contributed by atoms with E-state index in [-0.39, 0.29) is 18.3 Å². The Morgan fingerprint density at radius 2 is 2.07 bits per heavy atom. The van der Waals surface area contributed by atoms with Gasteiger partial charge >= 0.3 is 0 Å². The van der Waals surface area contributed by atoms with Crippen molar-refractivity contribution in [1.29, 1.82) is 0 Å². The summed E-state index contributed by atoms with van der Waals surface area (Å²) in [6.07, 6.45) is 1.67. The summed E-state index contributed by atoms with van der Waals surface area (Å²) in [4.78, 5) is 26.9. The van der Waals surface area contributed by atoms with Crippen LogP contribution in [0.3, 0.4) is 0 Å². The molecule has 1 heterocycles. The number of carbonyl (C=O) groups excluding carboxylic acids is 2. The summed E-state index contributed by atoms with van der Waals surface area (Å²) in [5, 5.41) is 4.87. The molecule has 1 aromatic carbocycles. The second kappa shape index (κ2) is 10.2. The van der Waals surface area contributed by atoms with Crippen LogP contribution in [0.15, 0.2) is 52.7 Å². The molecule has 142 valence electrons. The first-order chi connectivity index (χ1) is 13.0. The van der Waals surface area contributed by atoms with Gasteiger partial charge in [-0.1, -0.05) is 17.8 Å². The average molecular weight is 388 g/mol. The van der Waals surface area contributed by atoms with Crippen LogP contribution in [0.1, 0.15) is 12.5 Å². The highest BCUT2D eigenvalue weighted by Gasteiger charge is 2.09. The van der Waals surface area contributed by atoms with Gasteiger partial charge in [0.1, 0.15) is 0 Å². The van der Waals surface area contributed by atoms with Crippen molar-refractivity contribution in [2.45, 2.75) is 11.9 Å². The van der Waals surface area contributed by atoms with E-state index in [1.165, 1.54) is 18.9 Å². The molecule has 0 saturated carbocycles. The number of nitrogens with one attached hydrogen (secondary N) is 1. The van der Waals surface area contributed by atoms with Crippen LogP contribution in [-0.2, 0) is 9.59 Å². The van der Waals surface area contributed by atoms with Gasteiger partial charge in [-0.3, -0.25) is 9.59 Å². The molecule has 3 N–H and O–H groups in total. The fraction of sp³-hybridized carbons (Fsp3) is 0.222. The SMILES string of the molecule is COc1cc(/C(C)=N/NC(=O)CSc2ccccn2)ccc1OCC(N)=O. The van der Waals surface area contributed by atoms with Gasteiger partial charge in [-0.15, -0.1) is 0 Å². The number of thioether (sulfide) groups is 1. The number of benzene rings is 1. The average Bonchev–Trinajstić information content (AvgIpc) is 2.69. The predicted octanol–water partition coefficient (Wildman–Crippen LogP) is 1.59. The van der Waals surface area contributed by atoms with Gasteiger partial charge in [-0.2, -0.15) is 5.10 Å². The maximum Gasteiger partial charge on any atom is 0.255 e. The number of hydrazone groups is 1. The number of hydrogen-bond acceptors (Lipinski definition) is 7. The number of pyridine rings is 1. The molecular formula is C18H20N4O4S. The zero-order valence-electron chi connectivity index (χ0n) is 15.0. The van der Waals surface area contributed by atoms with Gasteiger partial charge < -0.3 is 15.2 Å². The number of nitrogens with two attached hydrogens (primary N) is 1. The van der Waals surface area contributed by atoms with E-state index < -0.39 is 5.91 Å². The number of methoxy groups -OCH3 is 1. The molecule has 9 heteroatoms. The molecule has 0 fully saturated rings. The highest BCUT2D eigenvalue weighted by molar-refractivity contribution is 7.99. The van der Waals surface area contributed by atoms with Crippen LogP contribution >= 0.6 is 11.8 Å². The second-order valence-corrected chi connectivity index (χ2v) is 6.31. The molecule has 8 nitrogen and oxygen atoms in total. The Labute approximate surface area is 161 Å². The number of primary amides is 1. The van der Waals surface area contributed by atoms with Gasteiger partial charge in [0.2, 0.25) is 5.91 Å². The fourth-order valence-corrected chi connectivity index (χ4v) is 2.63. The van der Waals surface area contributed by atoms with Gasteiger partial charge in [-0.05, 0) is 37.3 Å². The summed E-state index contributed by atoms with van der Waals surface area (Å²) in [7, 11) is 1.49. The van der Waals surface area contributed by atoms with Crippen LogP contribution in [0, 0.1) is 0 Å². The fourth-order valence-electron chi connectivity index (χ4n) is 1.98. The lowest BCUT2D eigenvalue weighted by atomic mass is 10.1. The molecule has 0 spiro atoms. The minimum absolute atomic E-state index is 0.205. The van der Waals surface area contributed by atoms with Crippen LogP contribution in [0.2, 0.25) is 0 Å². The molecule has 2 rings (SSSR count). The molecule has 0 aliphatic carbocycles. The molecule has 27 heavy (non-hydrogen) atoms. The van der Waals surface area contributed by atoms with Crippen molar-refractivity contribution in [3.63, 3.8) is 0 Å². The van der Waals surface area contributed by atoms with Crippen molar-refractivity contribution in [3.8, 4) is 11.5 Å². The normalized spacial score (nSPS) is 11.0. The monoisotopic (exact) mass is 388 g/mol. The van der Waals surface area contributed by atoms with Crippen molar-refractivity contribution in [2.24, 2.45) is 10.8 Å². The standard InChI is InChI=1S/C18H20N4O4S/c1-12(21-22-17(24)11-27-18-5-3-4-8-20-18)13-6-7-14(15(9-13)25-2)26-10-16(19)23/h3-9H,10-11H2,1-2H3,(H2,19,23)(H,22,24)/b21-12+. The third kappa shape index (κ3) is 6.63. The van der Waals surface area contributed by atoms with Crippen LogP contribution in [0.5, 0.6) is 11.5 Å². The maximum atomic E-state index is 11.9. The molecule has 0 radical (unpaired) electrons. The topological polar surface area (TPSA) is 116 Å². The molecule has 0 aliphatic heterocycles. The van der Waals surface area contributed by atoms with E-state index in [0.29, 0.717) is 17.2 Å². The number of amides is 2. The number of ether oxygens (including phenoxy) is 2. The van der Waals surface area contributed by atoms with Gasteiger partial charge in [0.15, 0.2) is 18.1 Å². The van der Waals surface area contributed by atoms with E-state index in [1.54, 1.807) is 31.3 Å². The first-order valence-corrected chi connectivity index (χ1v) is 8.94. The molecule has 0 atom stereocenters. The summed E-state index contributed by atoms with van der Waals surface area (Å²) in [5.41, 5.74) is 8.90. The van der Waals surface area contributed by atoms with Crippen LogP contribution in [-0.4, -0.2) is 42.0 Å². The molecule has 0 unspecified atom stereocenters. The van der Waals surface area contributed by atoms with E-state index in [9.17, 15) is 9.59 Å². The van der Waals surface area contributed by atoms with Crippen molar-refractivity contribution < 1.29 is 19.1 Å². The number of hydrogen-bond donors (Lipinski definition) is 2. The summed E-state index contributed by atoms with van der Waals surface area (Å²) in [5.74, 6) is 0.212. The van der Waals surface area contributed by atoms with Crippen molar-refractivity contribution in [2.75, 3.05) is 19.5 Å². The number of aromatic nitrogens is 1. The highest BCUT2D eigenvalue weighted by Crippen LogP contribution is 2.28. The second-order valence-electron chi connectivity index (χ2n) is 5.31. The number of carbonyl (C=O) groups is 2. The number of rotatable bonds is 9. The summed E-state index contributed by atoms with van der Waals surface area (Å²) >= 11 is 1.33. The van der Waals surface area contributed by atoms with E-state index in [1.807, 2.05) is 18.2 Å². The minimum atomic E-state index is -0.579. The van der Waals surface area contributed by atoms with Gasteiger partial charge in [0, 0.05) is 11.8 Å². The summed E-state index contributed by atoms with van der Waals surface area (Å²) in [6, 6.07) is 10.6. The molecule has 0 aliphatic rings. The molecule has 2 amide bonds. The molecular weight excluding hydrogens is 368 g/mol. The zero-order chi connectivity index (χ0) is 19.6. The van der Waals surface area contributed by atoms with E-state index in [2.05, 4.69) is 15.5 Å². The van der Waals surface area contributed by atoms with Crippen molar-refractivity contribution in [3.05, 3.63) is 48.2 Å². The van der Waals surface area contributed by atoms with Crippen LogP contribution < -0.4 is 20.6 Å². The van der Waals surface area contributed by atoms with E-state index in [4.69, 9.17) is 15.2 Å². The maximum absolute atomic E-state index is 11.9. The van der Waals surface area contributed by atoms with E-state index >= 15 is 0 Å². The quantitative estimate of drug-likeness (QED) is 0.383. The van der Waals surface area contributed by atoms with Gasteiger partial charge in [0.25, 0.3) is 5.91 Å². The molecule has 0 saturated heterocycles. The first kappa shape index (κ1) is 20.2. The summed E-state index contributed by atoms with van der Waals surface area (Å²) in [6.45, 7) is 1.51. The minimum Gasteiger partial charge on any atom is -0.493 e. The smallest absolute Gasteiger partial charge is 0.255 e. The third-order valence-electron chi connectivity index (χ3n) is 3.29. The zero-order valence-corrected chi connectivity index (χ0v) is 15.8. The predicted molar refractivity (Wildman–Crippen MR) is 103 cm³/mol.